The Morgan fingerprint density at radius 3 is 2.41 bits per heavy atom. The van der Waals surface area contributed by atoms with Gasteiger partial charge in [0.15, 0.2) is 11.9 Å². The van der Waals surface area contributed by atoms with Crippen LogP contribution in [0.2, 0.25) is 0 Å². The van der Waals surface area contributed by atoms with Crippen molar-refractivity contribution in [3.8, 4) is 0 Å². The summed E-state index contributed by atoms with van der Waals surface area (Å²) in [5.74, 6) is -1.67. The molecule has 29 heavy (non-hydrogen) atoms. The summed E-state index contributed by atoms with van der Waals surface area (Å²) >= 11 is 0. The number of ether oxygens (including phenoxy) is 1. The lowest BCUT2D eigenvalue weighted by Gasteiger charge is -2.12. The minimum atomic E-state index is -4.49. The van der Waals surface area contributed by atoms with Gasteiger partial charge in [0.05, 0.1) is 5.56 Å². The first-order chi connectivity index (χ1) is 13.6. The summed E-state index contributed by atoms with van der Waals surface area (Å²) in [6, 6.07) is 10.7. The predicted molar refractivity (Wildman–Crippen MR) is 101 cm³/mol. The van der Waals surface area contributed by atoms with Gasteiger partial charge in [-0.05, 0) is 49.8 Å². The molecule has 0 bridgehead atoms. The molecule has 1 amide bonds. The number of amides is 1. The molecular weight excluding hydrogens is 387 g/mol. The van der Waals surface area contributed by atoms with Crippen molar-refractivity contribution in [3.05, 3.63) is 71.3 Å². The molecule has 0 aliphatic carbocycles. The van der Waals surface area contributed by atoms with Gasteiger partial charge in [-0.25, -0.2) is 4.79 Å². The van der Waals surface area contributed by atoms with Crippen LogP contribution in [0.1, 0.15) is 35.3 Å². The Morgan fingerprint density at radius 1 is 1.07 bits per heavy atom. The molecule has 0 unspecified atom stereocenters. The van der Waals surface area contributed by atoms with Crippen molar-refractivity contribution in [2.24, 2.45) is 0 Å². The van der Waals surface area contributed by atoms with Crippen molar-refractivity contribution in [3.63, 3.8) is 0 Å². The molecule has 1 N–H and O–H groups in total. The highest BCUT2D eigenvalue weighted by molar-refractivity contribution is 5.99. The molecule has 2 rings (SSSR count). The van der Waals surface area contributed by atoms with Gasteiger partial charge in [-0.1, -0.05) is 24.3 Å². The second kappa shape index (κ2) is 9.18. The lowest BCUT2D eigenvalue weighted by molar-refractivity contribution is -0.148. The fourth-order valence-corrected chi connectivity index (χ4v) is 2.31. The molecule has 5 nitrogen and oxygen atoms in total. The number of hydrogen-bond donors (Lipinski definition) is 1. The van der Waals surface area contributed by atoms with Crippen molar-refractivity contribution in [1.82, 2.24) is 0 Å². The molecule has 0 heterocycles. The highest BCUT2D eigenvalue weighted by Gasteiger charge is 2.30. The lowest BCUT2D eigenvalue weighted by Crippen LogP contribution is -2.29. The Balaban J connectivity index is 1.96. The molecule has 0 fully saturated rings. The molecule has 2 aromatic rings. The maximum Gasteiger partial charge on any atom is 0.416 e. The van der Waals surface area contributed by atoms with Crippen LogP contribution in [0.15, 0.2) is 54.6 Å². The predicted octanol–water partition coefficient (Wildman–Crippen LogP) is 4.49. The van der Waals surface area contributed by atoms with E-state index in [2.05, 4.69) is 5.32 Å². The maximum atomic E-state index is 12.7. The van der Waals surface area contributed by atoms with Crippen LogP contribution in [0, 0.1) is 0 Å². The van der Waals surface area contributed by atoms with E-state index in [0.717, 1.165) is 18.2 Å². The zero-order valence-corrected chi connectivity index (χ0v) is 15.6. The van der Waals surface area contributed by atoms with Gasteiger partial charge in [0, 0.05) is 17.3 Å². The third-order valence-electron chi connectivity index (χ3n) is 3.82. The van der Waals surface area contributed by atoms with Gasteiger partial charge in [0.25, 0.3) is 5.91 Å². The molecule has 8 heteroatoms. The standard InChI is InChI=1S/C21H18F3NO4/c1-13(26)16-6-4-8-18(12-16)25-20(28)14(2)29-19(27)10-9-15-5-3-7-17(11-15)21(22,23)24/h3-12,14H,1-2H3,(H,25,28)/b10-9+/t14-/m0/s1. The first-order valence-corrected chi connectivity index (χ1v) is 8.54. The van der Waals surface area contributed by atoms with E-state index in [0.29, 0.717) is 11.3 Å². The number of nitrogens with one attached hydrogen (secondary N) is 1. The summed E-state index contributed by atoms with van der Waals surface area (Å²) in [6.45, 7) is 2.74. The minimum Gasteiger partial charge on any atom is -0.449 e. The van der Waals surface area contributed by atoms with Gasteiger partial charge in [-0.15, -0.1) is 0 Å². The first kappa shape index (κ1) is 21.9. The molecule has 0 saturated carbocycles. The summed E-state index contributed by atoms with van der Waals surface area (Å²) < 4.78 is 43.0. The number of ketones is 1. The quantitative estimate of drug-likeness (QED) is 0.437. The van der Waals surface area contributed by atoms with E-state index in [-0.39, 0.29) is 11.3 Å². The number of carbonyl (C=O) groups is 3. The monoisotopic (exact) mass is 405 g/mol. The summed E-state index contributed by atoms with van der Waals surface area (Å²) in [5, 5.41) is 2.52. The molecule has 0 aliphatic heterocycles. The van der Waals surface area contributed by atoms with E-state index < -0.39 is 29.7 Å². The average Bonchev–Trinajstić information content (AvgIpc) is 2.66. The van der Waals surface area contributed by atoms with Crippen LogP contribution in [-0.4, -0.2) is 23.8 Å². The van der Waals surface area contributed by atoms with E-state index in [1.807, 2.05) is 0 Å². The largest absolute Gasteiger partial charge is 0.449 e. The molecule has 0 aromatic heterocycles. The highest BCUT2D eigenvalue weighted by Crippen LogP contribution is 2.29. The van der Waals surface area contributed by atoms with E-state index in [9.17, 15) is 27.6 Å². The molecule has 152 valence electrons. The van der Waals surface area contributed by atoms with Crippen LogP contribution in [0.25, 0.3) is 6.08 Å². The number of rotatable bonds is 6. The second-order valence-corrected chi connectivity index (χ2v) is 6.16. The number of benzene rings is 2. The zero-order valence-electron chi connectivity index (χ0n) is 15.6. The number of alkyl halides is 3. The number of halogens is 3. The van der Waals surface area contributed by atoms with Gasteiger partial charge >= 0.3 is 12.1 Å². The Kier molecular flexibility index (Phi) is 6.93. The van der Waals surface area contributed by atoms with Gasteiger partial charge in [0.1, 0.15) is 0 Å². The van der Waals surface area contributed by atoms with Gasteiger partial charge in [-0.3, -0.25) is 9.59 Å². The Bertz CT molecular complexity index is 951. The molecule has 1 atom stereocenters. The maximum absolute atomic E-state index is 12.7. The smallest absolute Gasteiger partial charge is 0.416 e. The van der Waals surface area contributed by atoms with Gasteiger partial charge < -0.3 is 10.1 Å². The molecular formula is C21H18F3NO4. The topological polar surface area (TPSA) is 72.5 Å². The fourth-order valence-electron chi connectivity index (χ4n) is 2.31. The van der Waals surface area contributed by atoms with Crippen LogP contribution in [-0.2, 0) is 20.5 Å². The number of hydrogen-bond acceptors (Lipinski definition) is 4. The molecule has 0 saturated heterocycles. The van der Waals surface area contributed by atoms with Crippen molar-refractivity contribution >= 4 is 29.4 Å². The molecule has 0 aliphatic rings. The van der Waals surface area contributed by atoms with Crippen LogP contribution in [0.4, 0.5) is 18.9 Å². The van der Waals surface area contributed by atoms with Crippen molar-refractivity contribution < 1.29 is 32.3 Å². The fraction of sp³-hybridized carbons (Fsp3) is 0.190. The Morgan fingerprint density at radius 2 is 1.76 bits per heavy atom. The van der Waals surface area contributed by atoms with E-state index in [4.69, 9.17) is 4.74 Å². The highest BCUT2D eigenvalue weighted by atomic mass is 19.4. The van der Waals surface area contributed by atoms with E-state index in [1.54, 1.807) is 18.2 Å². The molecule has 2 aromatic carbocycles. The average molecular weight is 405 g/mol. The number of esters is 1. The third kappa shape index (κ3) is 6.60. The van der Waals surface area contributed by atoms with Crippen LogP contribution >= 0.6 is 0 Å². The Hall–Kier alpha value is -3.42. The van der Waals surface area contributed by atoms with E-state index >= 15 is 0 Å². The first-order valence-electron chi connectivity index (χ1n) is 8.54. The molecule has 0 spiro atoms. The molecule has 0 radical (unpaired) electrons. The number of anilines is 1. The summed E-state index contributed by atoms with van der Waals surface area (Å²) in [4.78, 5) is 35.4. The van der Waals surface area contributed by atoms with Crippen molar-refractivity contribution in [1.29, 1.82) is 0 Å². The van der Waals surface area contributed by atoms with Gasteiger partial charge in [0.2, 0.25) is 0 Å². The normalized spacial score (nSPS) is 12.4. The van der Waals surface area contributed by atoms with Gasteiger partial charge in [-0.2, -0.15) is 13.2 Å². The number of carbonyl (C=O) groups excluding carboxylic acids is 3. The van der Waals surface area contributed by atoms with Crippen LogP contribution < -0.4 is 5.32 Å². The second-order valence-electron chi connectivity index (χ2n) is 6.16. The summed E-state index contributed by atoms with van der Waals surface area (Å²) in [5.41, 5.74) is 0.102. The summed E-state index contributed by atoms with van der Waals surface area (Å²) in [7, 11) is 0. The number of Topliss-reactive ketones (excluding diaryl/α,β-unsaturated/α-hetero) is 1. The van der Waals surface area contributed by atoms with Crippen LogP contribution in [0.5, 0.6) is 0 Å². The minimum absolute atomic E-state index is 0.162. The van der Waals surface area contributed by atoms with Crippen molar-refractivity contribution in [2.45, 2.75) is 26.1 Å². The van der Waals surface area contributed by atoms with Crippen LogP contribution in [0.3, 0.4) is 0 Å². The Labute approximate surface area is 165 Å². The van der Waals surface area contributed by atoms with E-state index in [1.165, 1.54) is 38.1 Å². The summed E-state index contributed by atoms with van der Waals surface area (Å²) in [6.07, 6.45) is -3.54. The van der Waals surface area contributed by atoms with Crippen molar-refractivity contribution in [2.75, 3.05) is 5.32 Å². The zero-order chi connectivity index (χ0) is 21.6. The third-order valence-corrected chi connectivity index (χ3v) is 3.82. The SMILES string of the molecule is CC(=O)c1cccc(NC(=O)[C@H](C)OC(=O)/C=C/c2cccc(C(F)(F)F)c2)c1. The lowest BCUT2D eigenvalue weighted by atomic mass is 10.1.